The smallest absolute Gasteiger partial charge is 0.257 e. The van der Waals surface area contributed by atoms with Gasteiger partial charge in [-0.05, 0) is 17.2 Å². The summed E-state index contributed by atoms with van der Waals surface area (Å²) in [6, 6.07) is 22.0. The zero-order chi connectivity index (χ0) is 17.5. The normalized spacial score (nSPS) is 20.4. The van der Waals surface area contributed by atoms with Crippen LogP contribution in [0.3, 0.4) is 0 Å². The summed E-state index contributed by atoms with van der Waals surface area (Å²) in [6.07, 6.45) is 0. The number of carbonyl (C=O) groups is 1. The maximum Gasteiger partial charge on any atom is 0.257 e. The quantitative estimate of drug-likeness (QED) is 0.737. The van der Waals surface area contributed by atoms with Crippen molar-refractivity contribution in [3.8, 4) is 22.4 Å². The van der Waals surface area contributed by atoms with Crippen LogP contribution in [0.4, 0.5) is 0 Å². The highest BCUT2D eigenvalue weighted by atomic mass is 32.2. The minimum atomic E-state index is -0.316. The van der Waals surface area contributed by atoms with Crippen LogP contribution in [0, 0.1) is 0 Å². The Morgan fingerprint density at radius 2 is 1.62 bits per heavy atom. The fourth-order valence-electron chi connectivity index (χ4n) is 3.38. The third-order valence-corrected chi connectivity index (χ3v) is 5.86. The molecule has 0 aliphatic carbocycles. The molecule has 0 saturated carbocycles. The highest BCUT2D eigenvalue weighted by molar-refractivity contribution is 8.01. The monoisotopic (exact) mass is 358 g/mol. The van der Waals surface area contributed by atoms with Gasteiger partial charge in [-0.3, -0.25) is 4.79 Å². The number of thioether (sulfide) groups is 1. The molecule has 0 saturated heterocycles. The second-order valence-electron chi connectivity index (χ2n) is 6.18. The van der Waals surface area contributed by atoms with Crippen molar-refractivity contribution < 1.29 is 4.79 Å². The van der Waals surface area contributed by atoms with Gasteiger partial charge in [-0.25, -0.2) is 10.4 Å². The minimum Gasteiger partial charge on any atom is -0.272 e. The Bertz CT molecular complexity index is 1020. The van der Waals surface area contributed by atoms with Gasteiger partial charge in [0, 0.05) is 11.1 Å². The molecule has 0 spiro atoms. The predicted molar refractivity (Wildman–Crippen MR) is 100 cm³/mol. The van der Waals surface area contributed by atoms with E-state index in [0.717, 1.165) is 33.0 Å². The van der Waals surface area contributed by atoms with E-state index in [9.17, 15) is 4.79 Å². The van der Waals surface area contributed by atoms with Crippen molar-refractivity contribution in [1.29, 1.82) is 0 Å². The van der Waals surface area contributed by atoms with Gasteiger partial charge >= 0.3 is 0 Å². The number of nitrogens with one attached hydrogen (secondary N) is 1. The lowest BCUT2D eigenvalue weighted by Gasteiger charge is -2.18. The summed E-state index contributed by atoms with van der Waals surface area (Å²) in [5, 5.41) is 8.64. The molecule has 3 heterocycles. The molecule has 26 heavy (non-hydrogen) atoms. The summed E-state index contributed by atoms with van der Waals surface area (Å²) in [5.74, 6) is -0.117. The van der Waals surface area contributed by atoms with Gasteiger partial charge < -0.3 is 0 Å². The third kappa shape index (κ3) is 2.42. The molecule has 0 fully saturated rings. The third-order valence-electron chi connectivity index (χ3n) is 4.60. The number of rotatable bonds is 2. The van der Waals surface area contributed by atoms with Crippen LogP contribution < -0.4 is 5.43 Å². The fraction of sp³-hybridized carbons (Fsp3) is 0.100. The molecule has 0 radical (unpaired) electrons. The lowest BCUT2D eigenvalue weighted by molar-refractivity contribution is -0.121. The van der Waals surface area contributed by atoms with Crippen molar-refractivity contribution in [2.45, 2.75) is 16.3 Å². The van der Waals surface area contributed by atoms with E-state index >= 15 is 0 Å². The second-order valence-corrected chi connectivity index (χ2v) is 7.31. The van der Waals surface area contributed by atoms with Crippen LogP contribution in [-0.4, -0.2) is 16.1 Å². The molecule has 5 rings (SSSR count). The first-order chi connectivity index (χ1) is 12.8. The molecular formula is C20H14N4OS. The molecule has 1 N–H and O–H groups in total. The first kappa shape index (κ1) is 15.3. The Labute approximate surface area is 154 Å². The van der Waals surface area contributed by atoms with E-state index in [1.54, 1.807) is 0 Å². The summed E-state index contributed by atoms with van der Waals surface area (Å²) in [5.41, 5.74) is 7.55. The summed E-state index contributed by atoms with van der Waals surface area (Å²) < 4.78 is 0. The van der Waals surface area contributed by atoms with Gasteiger partial charge in [0.05, 0.1) is 5.69 Å². The number of aromatic nitrogens is 1. The van der Waals surface area contributed by atoms with Crippen LogP contribution in [-0.2, 0) is 4.79 Å². The van der Waals surface area contributed by atoms with E-state index in [0.29, 0.717) is 0 Å². The molecule has 6 heteroatoms. The highest BCUT2D eigenvalue weighted by Crippen LogP contribution is 2.51. The summed E-state index contributed by atoms with van der Waals surface area (Å²) in [6.45, 7) is 0. The maximum atomic E-state index is 12.2. The van der Waals surface area contributed by atoms with E-state index in [4.69, 9.17) is 4.98 Å². The standard InChI is InChI=1S/C20H14N4OS/c25-19-18-17(22-24-23-19)16-14(12-7-3-1-4-8-12)11-15(21-20(16)26-18)13-9-5-2-6-10-13/h1-11,17-18H,(H,22,23,25). The highest BCUT2D eigenvalue weighted by Gasteiger charge is 2.43. The lowest BCUT2D eigenvalue weighted by atomic mass is 9.93. The predicted octanol–water partition coefficient (Wildman–Crippen LogP) is 4.43. The number of nitrogens with zero attached hydrogens (tertiary/aromatic N) is 3. The van der Waals surface area contributed by atoms with Crippen molar-refractivity contribution in [3.63, 3.8) is 0 Å². The largest absolute Gasteiger partial charge is 0.272 e. The number of fused-ring (bicyclic) bond motifs is 3. The van der Waals surface area contributed by atoms with Crippen LogP contribution in [0.25, 0.3) is 22.4 Å². The van der Waals surface area contributed by atoms with E-state index in [1.165, 1.54) is 11.8 Å². The van der Waals surface area contributed by atoms with Gasteiger partial charge in [0.1, 0.15) is 16.3 Å². The van der Waals surface area contributed by atoms with Crippen LogP contribution in [0.2, 0.25) is 0 Å². The molecular weight excluding hydrogens is 344 g/mol. The number of hydrogen-bond acceptors (Lipinski definition) is 5. The van der Waals surface area contributed by atoms with Gasteiger partial charge in [-0.2, -0.15) is 5.11 Å². The summed E-state index contributed by atoms with van der Waals surface area (Å²) in [7, 11) is 0. The molecule has 2 aromatic carbocycles. The van der Waals surface area contributed by atoms with Crippen molar-refractivity contribution in [2.24, 2.45) is 10.3 Å². The fourth-order valence-corrected chi connectivity index (χ4v) is 4.60. The SMILES string of the molecule is O=C1NN=NC2c3c(-c4ccccc4)cc(-c4ccccc4)nc3SC12. The van der Waals surface area contributed by atoms with Crippen molar-refractivity contribution >= 4 is 17.7 Å². The number of benzene rings is 2. The molecule has 1 amide bonds. The topological polar surface area (TPSA) is 66.7 Å². The van der Waals surface area contributed by atoms with Gasteiger partial charge in [-0.15, -0.1) is 0 Å². The Morgan fingerprint density at radius 3 is 2.35 bits per heavy atom. The minimum absolute atomic E-state index is 0.117. The van der Waals surface area contributed by atoms with Crippen LogP contribution in [0.5, 0.6) is 0 Å². The van der Waals surface area contributed by atoms with Crippen molar-refractivity contribution in [3.05, 3.63) is 72.3 Å². The first-order valence-electron chi connectivity index (χ1n) is 8.33. The van der Waals surface area contributed by atoms with E-state index < -0.39 is 0 Å². The van der Waals surface area contributed by atoms with Crippen LogP contribution >= 0.6 is 11.8 Å². The number of carbonyl (C=O) groups excluding carboxylic acids is 1. The summed E-state index contributed by atoms with van der Waals surface area (Å²) >= 11 is 1.47. The molecule has 2 unspecified atom stereocenters. The molecule has 2 atom stereocenters. The summed E-state index contributed by atoms with van der Waals surface area (Å²) in [4.78, 5) is 17.1. The Kier molecular flexibility index (Phi) is 3.57. The van der Waals surface area contributed by atoms with Crippen molar-refractivity contribution in [2.75, 3.05) is 0 Å². The molecule has 3 aromatic rings. The average molecular weight is 358 g/mol. The Morgan fingerprint density at radius 1 is 0.923 bits per heavy atom. The maximum absolute atomic E-state index is 12.2. The Hall–Kier alpha value is -2.99. The molecule has 0 bridgehead atoms. The second kappa shape index (κ2) is 6.07. The zero-order valence-corrected chi connectivity index (χ0v) is 14.5. The number of pyridine rings is 1. The molecule has 126 valence electrons. The van der Waals surface area contributed by atoms with Crippen LogP contribution in [0.1, 0.15) is 11.6 Å². The first-order valence-corrected chi connectivity index (χ1v) is 9.21. The van der Waals surface area contributed by atoms with Crippen molar-refractivity contribution in [1.82, 2.24) is 10.4 Å². The molecule has 5 nitrogen and oxygen atoms in total. The van der Waals surface area contributed by atoms with E-state index in [2.05, 4.69) is 34.0 Å². The molecule has 2 aliphatic rings. The van der Waals surface area contributed by atoms with E-state index in [1.807, 2.05) is 48.5 Å². The average Bonchev–Trinajstić information content (AvgIpc) is 3.09. The van der Waals surface area contributed by atoms with Gasteiger partial charge in [-0.1, -0.05) is 77.6 Å². The van der Waals surface area contributed by atoms with Gasteiger partial charge in [0.2, 0.25) is 0 Å². The Balaban J connectivity index is 1.75. The van der Waals surface area contributed by atoms with Gasteiger partial charge in [0.15, 0.2) is 0 Å². The lowest BCUT2D eigenvalue weighted by Crippen LogP contribution is -2.34. The number of amides is 1. The van der Waals surface area contributed by atoms with Gasteiger partial charge in [0.25, 0.3) is 5.91 Å². The molecule has 2 aliphatic heterocycles. The molecule has 1 aromatic heterocycles. The van der Waals surface area contributed by atoms with E-state index in [-0.39, 0.29) is 17.2 Å². The zero-order valence-electron chi connectivity index (χ0n) is 13.7. The number of hydrogen-bond donors (Lipinski definition) is 1. The van der Waals surface area contributed by atoms with Crippen LogP contribution in [0.15, 0.2) is 82.1 Å².